The van der Waals surface area contributed by atoms with Gasteiger partial charge >= 0.3 is 0 Å². The molecule has 0 saturated carbocycles. The number of nitrogens with two attached hydrogens (primary N) is 1. The van der Waals surface area contributed by atoms with Crippen LogP contribution in [0.4, 0.5) is 11.4 Å². The highest BCUT2D eigenvalue weighted by atomic mass is 35.5. The molecule has 2 aromatic rings. The number of rotatable bonds is 3. The van der Waals surface area contributed by atoms with E-state index in [9.17, 15) is 0 Å². The van der Waals surface area contributed by atoms with Gasteiger partial charge in [-0.1, -0.05) is 41.5 Å². The summed E-state index contributed by atoms with van der Waals surface area (Å²) in [4.78, 5) is 0.346. The molecule has 0 bridgehead atoms. The number of aryl methyl sites for hydroxylation is 1. The summed E-state index contributed by atoms with van der Waals surface area (Å²) in [5, 5.41) is 3.85. The molecular weight excluding hydrogens is 264 g/mol. The minimum absolute atomic E-state index is 0.346. The van der Waals surface area contributed by atoms with Crippen LogP contribution in [0, 0.1) is 6.92 Å². The molecule has 0 fully saturated rings. The molecular formula is C14H13ClN2S. The predicted octanol–water partition coefficient (Wildman–Crippen LogP) is 4.03. The minimum Gasteiger partial charge on any atom is -0.389 e. The molecule has 2 nitrogen and oxygen atoms in total. The molecule has 18 heavy (non-hydrogen) atoms. The maximum absolute atomic E-state index is 6.18. The minimum atomic E-state index is 0.346. The van der Waals surface area contributed by atoms with E-state index in [-0.39, 0.29) is 0 Å². The van der Waals surface area contributed by atoms with Crippen LogP contribution in [0.2, 0.25) is 5.02 Å². The summed E-state index contributed by atoms with van der Waals surface area (Å²) in [5.74, 6) is 0. The van der Waals surface area contributed by atoms with Crippen LogP contribution in [-0.2, 0) is 0 Å². The zero-order valence-electron chi connectivity index (χ0n) is 9.91. The maximum atomic E-state index is 6.18. The number of anilines is 2. The van der Waals surface area contributed by atoms with Gasteiger partial charge in [-0.05, 0) is 37.3 Å². The first kappa shape index (κ1) is 12.9. The summed E-state index contributed by atoms with van der Waals surface area (Å²) in [6, 6.07) is 13.6. The second-order valence-corrected chi connectivity index (χ2v) is 4.90. The predicted molar refractivity (Wildman–Crippen MR) is 81.8 cm³/mol. The van der Waals surface area contributed by atoms with Crippen molar-refractivity contribution in [2.24, 2.45) is 5.73 Å². The van der Waals surface area contributed by atoms with Gasteiger partial charge in [-0.3, -0.25) is 0 Å². The number of thiocarbonyl (C=S) groups is 1. The average molecular weight is 277 g/mol. The number of benzene rings is 2. The molecule has 92 valence electrons. The molecule has 3 N–H and O–H groups in total. The molecule has 0 unspecified atom stereocenters. The van der Waals surface area contributed by atoms with Crippen molar-refractivity contribution in [3.05, 3.63) is 58.6 Å². The van der Waals surface area contributed by atoms with Crippen LogP contribution < -0.4 is 11.1 Å². The van der Waals surface area contributed by atoms with Crippen molar-refractivity contribution < 1.29 is 0 Å². The second kappa shape index (κ2) is 5.38. The van der Waals surface area contributed by atoms with E-state index in [1.807, 2.05) is 43.3 Å². The van der Waals surface area contributed by atoms with Crippen LogP contribution in [0.3, 0.4) is 0 Å². The monoisotopic (exact) mass is 276 g/mol. The van der Waals surface area contributed by atoms with Crippen molar-refractivity contribution >= 4 is 40.2 Å². The molecule has 2 rings (SSSR count). The van der Waals surface area contributed by atoms with Gasteiger partial charge in [0.25, 0.3) is 0 Å². The number of halogens is 1. The Morgan fingerprint density at radius 1 is 1.17 bits per heavy atom. The Bertz CT molecular complexity index is 579. The molecule has 0 radical (unpaired) electrons. The Morgan fingerprint density at radius 2 is 1.83 bits per heavy atom. The van der Waals surface area contributed by atoms with Crippen LogP contribution in [0.15, 0.2) is 42.5 Å². The zero-order valence-corrected chi connectivity index (χ0v) is 11.5. The topological polar surface area (TPSA) is 38.0 Å². The molecule has 0 atom stereocenters. The van der Waals surface area contributed by atoms with Crippen LogP contribution in [0.25, 0.3) is 0 Å². The van der Waals surface area contributed by atoms with Crippen LogP contribution in [0.5, 0.6) is 0 Å². The highest BCUT2D eigenvalue weighted by Gasteiger charge is 2.04. The van der Waals surface area contributed by atoms with Gasteiger partial charge in [-0.25, -0.2) is 0 Å². The standard InChI is InChI=1S/C14H13ClN2S/c1-9-2-5-11(6-3-9)17-13-7-4-10(14(16)18)8-12(13)15/h2-8,17H,1H3,(H2,16,18). The molecule has 0 aliphatic carbocycles. The van der Waals surface area contributed by atoms with Gasteiger partial charge in [0, 0.05) is 11.3 Å². The lowest BCUT2D eigenvalue weighted by Crippen LogP contribution is -2.09. The summed E-state index contributed by atoms with van der Waals surface area (Å²) in [5.41, 5.74) is 9.37. The third-order valence-electron chi connectivity index (χ3n) is 2.58. The molecule has 0 spiro atoms. The summed E-state index contributed by atoms with van der Waals surface area (Å²) in [6.07, 6.45) is 0. The van der Waals surface area contributed by atoms with E-state index < -0.39 is 0 Å². The Kier molecular flexibility index (Phi) is 3.84. The Hall–Kier alpha value is -1.58. The Labute approximate surface area is 117 Å². The third-order valence-corrected chi connectivity index (χ3v) is 3.13. The fraction of sp³-hybridized carbons (Fsp3) is 0.0714. The normalized spacial score (nSPS) is 10.1. The maximum Gasteiger partial charge on any atom is 0.104 e. The van der Waals surface area contributed by atoms with Gasteiger partial charge in [-0.15, -0.1) is 0 Å². The zero-order chi connectivity index (χ0) is 13.1. The Morgan fingerprint density at radius 3 is 2.39 bits per heavy atom. The van der Waals surface area contributed by atoms with E-state index in [0.29, 0.717) is 10.0 Å². The largest absolute Gasteiger partial charge is 0.389 e. The first-order valence-corrected chi connectivity index (χ1v) is 6.28. The smallest absolute Gasteiger partial charge is 0.104 e. The molecule has 0 amide bonds. The first-order valence-electron chi connectivity index (χ1n) is 5.49. The van der Waals surface area contributed by atoms with E-state index in [2.05, 4.69) is 5.32 Å². The van der Waals surface area contributed by atoms with Gasteiger partial charge in [-0.2, -0.15) is 0 Å². The summed E-state index contributed by atoms with van der Waals surface area (Å²) in [7, 11) is 0. The van der Waals surface area contributed by atoms with E-state index in [4.69, 9.17) is 29.6 Å². The first-order chi connectivity index (χ1) is 8.56. The molecule has 0 heterocycles. The summed E-state index contributed by atoms with van der Waals surface area (Å²) < 4.78 is 0. The van der Waals surface area contributed by atoms with Crippen LogP contribution in [-0.4, -0.2) is 4.99 Å². The lowest BCUT2D eigenvalue weighted by molar-refractivity contribution is 1.45. The summed E-state index contributed by atoms with van der Waals surface area (Å²) >= 11 is 11.1. The third kappa shape index (κ3) is 3.00. The molecule has 0 aliphatic rings. The van der Waals surface area contributed by atoms with Gasteiger partial charge in [0.1, 0.15) is 4.99 Å². The average Bonchev–Trinajstić information content (AvgIpc) is 2.34. The highest BCUT2D eigenvalue weighted by molar-refractivity contribution is 7.80. The van der Waals surface area contributed by atoms with E-state index in [1.54, 1.807) is 6.07 Å². The van der Waals surface area contributed by atoms with Crippen LogP contribution in [0.1, 0.15) is 11.1 Å². The van der Waals surface area contributed by atoms with Crippen LogP contribution >= 0.6 is 23.8 Å². The molecule has 0 aliphatic heterocycles. The van der Waals surface area contributed by atoms with Crippen molar-refractivity contribution in [2.75, 3.05) is 5.32 Å². The fourth-order valence-electron chi connectivity index (χ4n) is 1.56. The Balaban J connectivity index is 2.24. The van der Waals surface area contributed by atoms with Crippen molar-refractivity contribution in [3.63, 3.8) is 0 Å². The van der Waals surface area contributed by atoms with Gasteiger partial charge in [0.05, 0.1) is 10.7 Å². The summed E-state index contributed by atoms with van der Waals surface area (Å²) in [6.45, 7) is 2.05. The van der Waals surface area contributed by atoms with Crippen molar-refractivity contribution in [1.82, 2.24) is 0 Å². The van der Waals surface area contributed by atoms with E-state index in [0.717, 1.165) is 16.9 Å². The van der Waals surface area contributed by atoms with Crippen molar-refractivity contribution in [3.8, 4) is 0 Å². The lowest BCUT2D eigenvalue weighted by Gasteiger charge is -2.10. The molecule has 0 aromatic heterocycles. The quantitative estimate of drug-likeness (QED) is 0.832. The van der Waals surface area contributed by atoms with Gasteiger partial charge in [0.15, 0.2) is 0 Å². The number of hydrogen-bond acceptors (Lipinski definition) is 2. The molecule has 2 aromatic carbocycles. The number of nitrogens with one attached hydrogen (secondary N) is 1. The van der Waals surface area contributed by atoms with E-state index >= 15 is 0 Å². The highest BCUT2D eigenvalue weighted by Crippen LogP contribution is 2.26. The molecule has 4 heteroatoms. The van der Waals surface area contributed by atoms with E-state index in [1.165, 1.54) is 5.56 Å². The lowest BCUT2D eigenvalue weighted by atomic mass is 10.2. The molecule has 0 saturated heterocycles. The second-order valence-electron chi connectivity index (χ2n) is 4.05. The van der Waals surface area contributed by atoms with Crippen molar-refractivity contribution in [1.29, 1.82) is 0 Å². The fourth-order valence-corrected chi connectivity index (χ4v) is 1.92. The number of hydrogen-bond donors (Lipinski definition) is 2. The van der Waals surface area contributed by atoms with Crippen molar-refractivity contribution in [2.45, 2.75) is 6.92 Å². The SMILES string of the molecule is Cc1ccc(Nc2ccc(C(N)=S)cc2Cl)cc1. The van der Waals surface area contributed by atoms with Gasteiger partial charge < -0.3 is 11.1 Å². The van der Waals surface area contributed by atoms with Gasteiger partial charge in [0.2, 0.25) is 0 Å².